The summed E-state index contributed by atoms with van der Waals surface area (Å²) in [6, 6.07) is 62.0. The highest BCUT2D eigenvalue weighted by atomic mass is 16.3. The Morgan fingerprint density at radius 1 is 0.375 bits per heavy atom. The van der Waals surface area contributed by atoms with Crippen LogP contribution in [0.25, 0.3) is 100 Å². The first-order valence-corrected chi connectivity index (χ1v) is 19.1. The van der Waals surface area contributed by atoms with Crippen molar-refractivity contribution in [3.8, 4) is 67.5 Å². The van der Waals surface area contributed by atoms with Gasteiger partial charge < -0.3 is 4.42 Å². The fourth-order valence-electron chi connectivity index (χ4n) is 8.64. The van der Waals surface area contributed by atoms with Crippen LogP contribution in [0.5, 0.6) is 0 Å². The number of fused-ring (bicyclic) bond motifs is 7. The van der Waals surface area contributed by atoms with E-state index in [0.717, 1.165) is 55.1 Å². The molecule has 0 radical (unpaired) electrons. The third-order valence-electron chi connectivity index (χ3n) is 11.5. The van der Waals surface area contributed by atoms with Crippen molar-refractivity contribution in [1.82, 2.24) is 15.0 Å². The van der Waals surface area contributed by atoms with E-state index in [4.69, 9.17) is 19.4 Å². The molecule has 0 saturated carbocycles. The summed E-state index contributed by atoms with van der Waals surface area (Å²) in [5, 5.41) is 4.55. The van der Waals surface area contributed by atoms with Crippen LogP contribution < -0.4 is 0 Å². The molecular weight excluding hydrogens is 683 g/mol. The van der Waals surface area contributed by atoms with Crippen molar-refractivity contribution in [3.63, 3.8) is 0 Å². The number of nitrogens with zero attached hydrogens (tertiary/aromatic N) is 3. The maximum atomic E-state index is 6.49. The summed E-state index contributed by atoms with van der Waals surface area (Å²) in [5.74, 6) is 1.92. The van der Waals surface area contributed by atoms with Gasteiger partial charge in [-0.2, -0.15) is 0 Å². The molecule has 0 atom stereocenters. The van der Waals surface area contributed by atoms with E-state index >= 15 is 0 Å². The summed E-state index contributed by atoms with van der Waals surface area (Å²) < 4.78 is 6.49. The lowest BCUT2D eigenvalue weighted by Gasteiger charge is -2.21. The van der Waals surface area contributed by atoms with E-state index in [2.05, 4.69) is 178 Å². The Bertz CT molecular complexity index is 3180. The van der Waals surface area contributed by atoms with Gasteiger partial charge in [-0.25, -0.2) is 15.0 Å². The van der Waals surface area contributed by atoms with E-state index < -0.39 is 0 Å². The molecule has 1 aliphatic rings. The number of rotatable bonds is 5. The quantitative estimate of drug-likeness (QED) is 0.178. The molecule has 4 nitrogen and oxygen atoms in total. The molecule has 0 saturated heterocycles. The van der Waals surface area contributed by atoms with E-state index in [1.165, 1.54) is 38.8 Å². The second-order valence-corrected chi connectivity index (χ2v) is 15.2. The first-order chi connectivity index (χ1) is 27.5. The minimum atomic E-state index is -0.142. The van der Waals surface area contributed by atoms with Crippen molar-refractivity contribution in [1.29, 1.82) is 0 Å². The molecule has 2 heterocycles. The largest absolute Gasteiger partial charge is 0.456 e. The van der Waals surface area contributed by atoms with Gasteiger partial charge in [0.1, 0.15) is 11.2 Å². The summed E-state index contributed by atoms with van der Waals surface area (Å²) in [5.41, 5.74) is 14.1. The van der Waals surface area contributed by atoms with Gasteiger partial charge in [0, 0.05) is 32.9 Å². The number of benzene rings is 8. The molecule has 1 aliphatic carbocycles. The Morgan fingerprint density at radius 2 is 0.964 bits per heavy atom. The number of furan rings is 1. The van der Waals surface area contributed by atoms with Crippen LogP contribution in [0.2, 0.25) is 0 Å². The third kappa shape index (κ3) is 5.18. The van der Waals surface area contributed by atoms with E-state index in [1.807, 2.05) is 12.1 Å². The van der Waals surface area contributed by atoms with E-state index in [-0.39, 0.29) is 5.41 Å². The summed E-state index contributed by atoms with van der Waals surface area (Å²) in [6.07, 6.45) is 0. The van der Waals surface area contributed by atoms with Gasteiger partial charge in [-0.1, -0.05) is 153 Å². The zero-order valence-electron chi connectivity index (χ0n) is 31.0. The van der Waals surface area contributed by atoms with Crippen LogP contribution in [0.3, 0.4) is 0 Å². The molecule has 0 bridgehead atoms. The molecule has 10 aromatic rings. The zero-order chi connectivity index (χ0) is 37.4. The lowest BCUT2D eigenvalue weighted by molar-refractivity contribution is 0.660. The van der Waals surface area contributed by atoms with Crippen molar-refractivity contribution >= 4 is 32.7 Å². The minimum Gasteiger partial charge on any atom is -0.456 e. The zero-order valence-corrected chi connectivity index (χ0v) is 31.0. The molecule has 0 N–H and O–H groups in total. The van der Waals surface area contributed by atoms with Gasteiger partial charge in [0.05, 0.1) is 0 Å². The molecule has 0 spiro atoms. The first-order valence-electron chi connectivity index (χ1n) is 19.1. The van der Waals surface area contributed by atoms with E-state index in [0.29, 0.717) is 17.5 Å². The van der Waals surface area contributed by atoms with Crippen LogP contribution in [0, 0.1) is 0 Å². The second kappa shape index (κ2) is 12.4. The fourth-order valence-corrected chi connectivity index (χ4v) is 8.64. The van der Waals surface area contributed by atoms with Crippen LogP contribution >= 0.6 is 0 Å². The molecular formula is C52H35N3O. The summed E-state index contributed by atoms with van der Waals surface area (Å²) in [6.45, 7) is 4.61. The molecule has 0 aliphatic heterocycles. The maximum Gasteiger partial charge on any atom is 0.164 e. The molecule has 11 rings (SSSR count). The van der Waals surface area contributed by atoms with Crippen molar-refractivity contribution in [3.05, 3.63) is 187 Å². The van der Waals surface area contributed by atoms with Gasteiger partial charge in [0.25, 0.3) is 0 Å². The number of hydrogen-bond donors (Lipinski definition) is 0. The SMILES string of the molecule is CC1(C)c2ccccc2-c2ccc(-c3nc(-c4cccc(-c5ccc6c(c5)oc5cccc(-c7ccccc7)c56)c4)nc(-c4ccc5ccccc5c4)n3)cc21. The lowest BCUT2D eigenvalue weighted by Crippen LogP contribution is -2.15. The summed E-state index contributed by atoms with van der Waals surface area (Å²) in [4.78, 5) is 15.5. The van der Waals surface area contributed by atoms with Gasteiger partial charge >= 0.3 is 0 Å². The normalized spacial score (nSPS) is 13.0. The van der Waals surface area contributed by atoms with Gasteiger partial charge in [-0.3, -0.25) is 0 Å². The van der Waals surface area contributed by atoms with Crippen LogP contribution in [-0.2, 0) is 5.41 Å². The van der Waals surface area contributed by atoms with Crippen LogP contribution in [0.1, 0.15) is 25.0 Å². The second-order valence-electron chi connectivity index (χ2n) is 15.2. The van der Waals surface area contributed by atoms with Crippen molar-refractivity contribution < 1.29 is 4.42 Å². The molecule has 56 heavy (non-hydrogen) atoms. The lowest BCUT2D eigenvalue weighted by atomic mass is 9.82. The van der Waals surface area contributed by atoms with Crippen molar-refractivity contribution in [2.24, 2.45) is 0 Å². The molecule has 2 aromatic heterocycles. The summed E-state index contributed by atoms with van der Waals surface area (Å²) in [7, 11) is 0. The van der Waals surface area contributed by atoms with Crippen LogP contribution in [-0.4, -0.2) is 15.0 Å². The highest BCUT2D eigenvalue weighted by Crippen LogP contribution is 2.49. The van der Waals surface area contributed by atoms with Crippen molar-refractivity contribution in [2.45, 2.75) is 19.3 Å². The highest BCUT2D eigenvalue weighted by molar-refractivity contribution is 6.13. The van der Waals surface area contributed by atoms with Crippen LogP contribution in [0.15, 0.2) is 180 Å². The van der Waals surface area contributed by atoms with Crippen molar-refractivity contribution in [2.75, 3.05) is 0 Å². The Kier molecular flexibility index (Phi) is 7.17. The van der Waals surface area contributed by atoms with Crippen LogP contribution in [0.4, 0.5) is 0 Å². The smallest absolute Gasteiger partial charge is 0.164 e. The molecule has 4 heteroatoms. The van der Waals surface area contributed by atoms with Gasteiger partial charge in [0.15, 0.2) is 17.5 Å². The van der Waals surface area contributed by atoms with Gasteiger partial charge in [-0.15, -0.1) is 0 Å². The maximum absolute atomic E-state index is 6.49. The average Bonchev–Trinajstić information content (AvgIpc) is 3.75. The molecule has 264 valence electrons. The predicted octanol–water partition coefficient (Wildman–Crippen LogP) is 13.6. The standard InChI is InChI=1S/C52H35N3O/c1-52(2)44-20-9-8-18-41(44)42-26-25-39(30-45(42)52)51-54-49(53-50(55-51)38-23-22-32-12-6-7-15-34(32)28-38)37-17-10-16-35(29-37)36-24-27-43-47(31-36)56-46-21-11-19-40(48(43)46)33-13-4-3-5-14-33/h3-31H,1-2H3. The Morgan fingerprint density at radius 3 is 1.80 bits per heavy atom. The average molecular weight is 718 g/mol. The Hall–Kier alpha value is -7.17. The highest BCUT2D eigenvalue weighted by Gasteiger charge is 2.35. The molecule has 8 aromatic carbocycles. The topological polar surface area (TPSA) is 51.8 Å². The minimum absolute atomic E-state index is 0.142. The van der Waals surface area contributed by atoms with Gasteiger partial charge in [-0.05, 0) is 91.7 Å². The third-order valence-corrected chi connectivity index (χ3v) is 11.5. The Labute approximate surface area is 324 Å². The predicted molar refractivity (Wildman–Crippen MR) is 229 cm³/mol. The number of aromatic nitrogens is 3. The first kappa shape index (κ1) is 32.3. The molecule has 0 amide bonds. The fraction of sp³-hybridized carbons (Fsp3) is 0.0577. The Balaban J connectivity index is 1.04. The molecule has 0 unspecified atom stereocenters. The summed E-state index contributed by atoms with van der Waals surface area (Å²) >= 11 is 0. The van der Waals surface area contributed by atoms with E-state index in [1.54, 1.807) is 0 Å². The van der Waals surface area contributed by atoms with E-state index in [9.17, 15) is 0 Å². The van der Waals surface area contributed by atoms with Gasteiger partial charge in [0.2, 0.25) is 0 Å². The number of hydrogen-bond acceptors (Lipinski definition) is 4. The monoisotopic (exact) mass is 717 g/mol. The molecule has 0 fully saturated rings.